The number of fused-ring (bicyclic) bond motifs is 1. The van der Waals surface area contributed by atoms with Crippen molar-refractivity contribution < 1.29 is 9.53 Å². The zero-order valence-corrected chi connectivity index (χ0v) is 14.9. The number of aromatic nitrogens is 2. The molecule has 0 aliphatic carbocycles. The molecule has 7 nitrogen and oxygen atoms in total. The summed E-state index contributed by atoms with van der Waals surface area (Å²) >= 11 is 0. The topological polar surface area (TPSA) is 53.8 Å². The van der Waals surface area contributed by atoms with Crippen LogP contribution in [0.1, 0.15) is 18.5 Å². The van der Waals surface area contributed by atoms with Crippen molar-refractivity contribution in [1.82, 2.24) is 24.5 Å². The first kappa shape index (κ1) is 17.2. The first-order valence-electron chi connectivity index (χ1n) is 8.90. The van der Waals surface area contributed by atoms with E-state index in [1.807, 2.05) is 40.8 Å². The van der Waals surface area contributed by atoms with Crippen LogP contribution < -0.4 is 0 Å². The van der Waals surface area contributed by atoms with Gasteiger partial charge in [0.25, 0.3) is 0 Å². The molecule has 0 saturated carbocycles. The van der Waals surface area contributed by atoms with Crippen LogP contribution in [0.15, 0.2) is 12.3 Å². The van der Waals surface area contributed by atoms with Crippen LogP contribution in [0.3, 0.4) is 0 Å². The molecule has 0 unspecified atom stereocenters. The quantitative estimate of drug-likeness (QED) is 0.757. The summed E-state index contributed by atoms with van der Waals surface area (Å²) in [5, 5.41) is 4.42. The molecular weight excluding hydrogens is 306 g/mol. The van der Waals surface area contributed by atoms with Gasteiger partial charge in [-0.15, -0.1) is 0 Å². The van der Waals surface area contributed by atoms with Crippen molar-refractivity contribution in [1.29, 1.82) is 0 Å². The molecule has 24 heavy (non-hydrogen) atoms. The van der Waals surface area contributed by atoms with E-state index in [1.54, 1.807) is 0 Å². The second-order valence-corrected chi connectivity index (χ2v) is 7.11. The van der Waals surface area contributed by atoms with Gasteiger partial charge in [-0.25, -0.2) is 4.79 Å². The molecule has 0 aromatic carbocycles. The Morgan fingerprint density at radius 2 is 2.08 bits per heavy atom. The SMILES string of the molecule is CN(C)CCOC[C@@H]1CN(C(=O)N2CCCC2)Cc2ccnn2C1. The van der Waals surface area contributed by atoms with Crippen molar-refractivity contribution >= 4 is 6.03 Å². The predicted molar refractivity (Wildman–Crippen MR) is 91.7 cm³/mol. The summed E-state index contributed by atoms with van der Waals surface area (Å²) in [6.07, 6.45) is 4.06. The molecule has 3 heterocycles. The van der Waals surface area contributed by atoms with Crippen LogP contribution >= 0.6 is 0 Å². The zero-order chi connectivity index (χ0) is 16.9. The Bertz CT molecular complexity index is 539. The van der Waals surface area contributed by atoms with Crippen molar-refractivity contribution in [3.63, 3.8) is 0 Å². The number of hydrogen-bond acceptors (Lipinski definition) is 4. The number of nitrogens with zero attached hydrogens (tertiary/aromatic N) is 5. The first-order chi connectivity index (χ1) is 11.6. The van der Waals surface area contributed by atoms with Gasteiger partial charge in [0.15, 0.2) is 0 Å². The molecular formula is C17H29N5O2. The number of carbonyl (C=O) groups excluding carboxylic acids is 1. The van der Waals surface area contributed by atoms with Crippen molar-refractivity contribution in [2.75, 3.05) is 53.5 Å². The standard InChI is InChI=1S/C17H29N5O2/c1-19(2)9-10-24-14-15-11-21(17(23)20-7-3-4-8-20)13-16-5-6-18-22(16)12-15/h5-6,15H,3-4,7-14H2,1-2H3/t15-/m1/s1. The molecule has 134 valence electrons. The molecule has 2 aliphatic rings. The molecule has 0 radical (unpaired) electrons. The van der Waals surface area contributed by atoms with E-state index in [1.165, 1.54) is 0 Å². The van der Waals surface area contributed by atoms with E-state index in [0.717, 1.165) is 57.9 Å². The number of hydrogen-bond donors (Lipinski definition) is 0. The predicted octanol–water partition coefficient (Wildman–Crippen LogP) is 1.11. The van der Waals surface area contributed by atoms with E-state index < -0.39 is 0 Å². The van der Waals surface area contributed by atoms with Gasteiger partial charge in [0.1, 0.15) is 0 Å². The fourth-order valence-corrected chi connectivity index (χ4v) is 3.39. The fraction of sp³-hybridized carbons (Fsp3) is 0.765. The lowest BCUT2D eigenvalue weighted by Gasteiger charge is -2.28. The van der Waals surface area contributed by atoms with E-state index >= 15 is 0 Å². The summed E-state index contributed by atoms with van der Waals surface area (Å²) in [6, 6.07) is 2.18. The van der Waals surface area contributed by atoms with Gasteiger partial charge in [-0.3, -0.25) is 4.68 Å². The van der Waals surface area contributed by atoms with Crippen LogP contribution in [0.4, 0.5) is 4.79 Å². The summed E-state index contributed by atoms with van der Waals surface area (Å²) in [7, 11) is 4.09. The maximum Gasteiger partial charge on any atom is 0.320 e. The minimum absolute atomic E-state index is 0.167. The third-order valence-electron chi connectivity index (χ3n) is 4.75. The highest BCUT2D eigenvalue weighted by atomic mass is 16.5. The smallest absolute Gasteiger partial charge is 0.320 e. The Balaban J connectivity index is 1.63. The van der Waals surface area contributed by atoms with Crippen LogP contribution in [0.5, 0.6) is 0 Å². The minimum atomic E-state index is 0.167. The number of carbonyl (C=O) groups is 1. The Morgan fingerprint density at radius 1 is 1.29 bits per heavy atom. The molecule has 2 amide bonds. The highest BCUT2D eigenvalue weighted by molar-refractivity contribution is 5.74. The Labute approximate surface area is 144 Å². The molecule has 0 N–H and O–H groups in total. The van der Waals surface area contributed by atoms with Crippen LogP contribution in [0, 0.1) is 5.92 Å². The molecule has 7 heteroatoms. The average Bonchev–Trinajstić information content (AvgIpc) is 3.19. The lowest BCUT2D eigenvalue weighted by Crippen LogP contribution is -2.43. The fourth-order valence-electron chi connectivity index (χ4n) is 3.39. The van der Waals surface area contributed by atoms with Gasteiger partial charge in [0.2, 0.25) is 0 Å². The molecule has 1 aromatic rings. The van der Waals surface area contributed by atoms with E-state index in [4.69, 9.17) is 4.74 Å². The molecule has 1 atom stereocenters. The minimum Gasteiger partial charge on any atom is -0.380 e. The Kier molecular flexibility index (Phi) is 5.73. The summed E-state index contributed by atoms with van der Waals surface area (Å²) in [4.78, 5) is 18.9. The largest absolute Gasteiger partial charge is 0.380 e. The Morgan fingerprint density at radius 3 is 2.83 bits per heavy atom. The Hall–Kier alpha value is -1.60. The highest BCUT2D eigenvalue weighted by Gasteiger charge is 2.29. The van der Waals surface area contributed by atoms with Crippen molar-refractivity contribution in [2.45, 2.75) is 25.9 Å². The number of likely N-dealkylation sites (tertiary alicyclic amines) is 1. The van der Waals surface area contributed by atoms with E-state index in [2.05, 4.69) is 10.00 Å². The summed E-state index contributed by atoms with van der Waals surface area (Å²) in [6.45, 7) is 6.26. The lowest BCUT2D eigenvalue weighted by molar-refractivity contribution is 0.0696. The zero-order valence-electron chi connectivity index (χ0n) is 14.9. The molecule has 3 rings (SSSR count). The van der Waals surface area contributed by atoms with Crippen molar-refractivity contribution in [3.05, 3.63) is 18.0 Å². The van der Waals surface area contributed by atoms with Crippen molar-refractivity contribution in [2.24, 2.45) is 5.92 Å². The van der Waals surface area contributed by atoms with Crippen molar-refractivity contribution in [3.8, 4) is 0 Å². The van der Waals surface area contributed by atoms with Crippen LogP contribution in [-0.2, 0) is 17.8 Å². The second kappa shape index (κ2) is 7.98. The summed E-state index contributed by atoms with van der Waals surface area (Å²) in [5.41, 5.74) is 1.11. The molecule has 0 spiro atoms. The lowest BCUT2D eigenvalue weighted by atomic mass is 10.1. The van der Waals surface area contributed by atoms with Crippen LogP contribution in [0.2, 0.25) is 0 Å². The van der Waals surface area contributed by atoms with Gasteiger partial charge in [0.05, 0.1) is 25.5 Å². The van der Waals surface area contributed by atoms with Gasteiger partial charge in [-0.1, -0.05) is 0 Å². The van der Waals surface area contributed by atoms with Gasteiger partial charge in [-0.05, 0) is 33.0 Å². The van der Waals surface area contributed by atoms with Gasteiger partial charge in [-0.2, -0.15) is 5.10 Å². The van der Waals surface area contributed by atoms with Gasteiger partial charge in [0, 0.05) is 44.8 Å². The van der Waals surface area contributed by atoms with E-state index in [-0.39, 0.29) is 11.9 Å². The van der Waals surface area contributed by atoms with Gasteiger partial charge < -0.3 is 19.4 Å². The second-order valence-electron chi connectivity index (χ2n) is 7.11. The van der Waals surface area contributed by atoms with Crippen LogP contribution in [0.25, 0.3) is 0 Å². The third kappa shape index (κ3) is 4.27. The molecule has 1 aromatic heterocycles. The number of rotatable bonds is 5. The third-order valence-corrected chi connectivity index (χ3v) is 4.75. The summed E-state index contributed by atoms with van der Waals surface area (Å²) in [5.74, 6) is 0.278. The van der Waals surface area contributed by atoms with E-state index in [0.29, 0.717) is 13.2 Å². The molecule has 2 aliphatic heterocycles. The highest BCUT2D eigenvalue weighted by Crippen LogP contribution is 2.19. The van der Waals surface area contributed by atoms with Crippen LogP contribution in [-0.4, -0.2) is 84.0 Å². The molecule has 1 fully saturated rings. The maximum absolute atomic E-state index is 12.8. The normalized spacial score (nSPS) is 21.2. The number of ether oxygens (including phenoxy) is 1. The molecule has 1 saturated heterocycles. The molecule has 0 bridgehead atoms. The van der Waals surface area contributed by atoms with E-state index in [9.17, 15) is 4.79 Å². The maximum atomic E-state index is 12.8. The number of likely N-dealkylation sites (N-methyl/N-ethyl adjacent to an activating group) is 1. The number of urea groups is 1. The average molecular weight is 335 g/mol. The number of amides is 2. The monoisotopic (exact) mass is 335 g/mol. The first-order valence-corrected chi connectivity index (χ1v) is 8.90. The summed E-state index contributed by atoms with van der Waals surface area (Å²) < 4.78 is 7.88. The van der Waals surface area contributed by atoms with Gasteiger partial charge >= 0.3 is 6.03 Å².